The first-order valence-corrected chi connectivity index (χ1v) is 10.8. The van der Waals surface area contributed by atoms with E-state index in [2.05, 4.69) is 17.2 Å². The number of benzene rings is 1. The number of halogens is 3. The molecule has 0 bridgehead atoms. The van der Waals surface area contributed by atoms with Gasteiger partial charge in [-0.25, -0.2) is 4.79 Å². The van der Waals surface area contributed by atoms with Crippen molar-refractivity contribution in [3.8, 4) is 0 Å². The number of nitrogens with one attached hydrogen (secondary N) is 1. The molecule has 0 saturated heterocycles. The third kappa shape index (κ3) is 11.5. The number of carbonyl (C=O) groups is 1. The van der Waals surface area contributed by atoms with Gasteiger partial charge < -0.3 is 10.4 Å². The van der Waals surface area contributed by atoms with E-state index < -0.39 is 17.8 Å². The second-order valence-corrected chi connectivity index (χ2v) is 7.49. The van der Waals surface area contributed by atoms with Gasteiger partial charge in [0.25, 0.3) is 0 Å². The lowest BCUT2D eigenvalue weighted by atomic mass is 10.1. The molecule has 174 valence electrons. The molecule has 0 saturated carbocycles. The van der Waals surface area contributed by atoms with E-state index in [4.69, 9.17) is 5.11 Å². The number of aryl methyl sites for hydroxylation is 1. The van der Waals surface area contributed by atoms with Crippen LogP contribution in [0.25, 0.3) is 0 Å². The van der Waals surface area contributed by atoms with E-state index in [1.165, 1.54) is 76.2 Å². The number of carboxylic acid groups (broad SMARTS) is 1. The number of nitrogens with zero attached hydrogens (tertiary/aromatic N) is 2. The van der Waals surface area contributed by atoms with Crippen LogP contribution < -0.4 is 5.32 Å². The predicted molar refractivity (Wildman–Crippen MR) is 120 cm³/mol. The van der Waals surface area contributed by atoms with Crippen molar-refractivity contribution < 1.29 is 23.1 Å². The third-order valence-corrected chi connectivity index (χ3v) is 4.86. The van der Waals surface area contributed by atoms with Gasteiger partial charge in [0.15, 0.2) is 0 Å². The summed E-state index contributed by atoms with van der Waals surface area (Å²) in [6, 6.07) is 4.45. The molecule has 0 aromatic heterocycles. The summed E-state index contributed by atoms with van der Waals surface area (Å²) >= 11 is 0. The molecule has 1 aliphatic heterocycles. The van der Waals surface area contributed by atoms with Gasteiger partial charge in [0.05, 0.1) is 12.1 Å². The number of unbranched alkanes of at least 4 members (excludes halogenated alkanes) is 7. The molecular weight excluding hydrogens is 407 g/mol. The SMILES string of the molecule is CCCCCCCCCCNc1ccc(C)c(C(F)(F)F)c1.O=C(O)N1C=CN=CC1. The zero-order valence-corrected chi connectivity index (χ0v) is 18.4. The van der Waals surface area contributed by atoms with Gasteiger partial charge in [-0.1, -0.05) is 57.9 Å². The second kappa shape index (κ2) is 14.5. The van der Waals surface area contributed by atoms with Crippen molar-refractivity contribution in [2.24, 2.45) is 4.99 Å². The molecule has 0 radical (unpaired) electrons. The Balaban J connectivity index is 0.000000442. The van der Waals surface area contributed by atoms with E-state index in [0.717, 1.165) is 24.3 Å². The number of hydrogen-bond donors (Lipinski definition) is 2. The number of aliphatic imine (C=N–C) groups is 1. The molecule has 1 aromatic rings. The van der Waals surface area contributed by atoms with Gasteiger partial charge in [-0.05, 0) is 31.0 Å². The Morgan fingerprint density at radius 3 is 2.29 bits per heavy atom. The summed E-state index contributed by atoms with van der Waals surface area (Å²) in [6.07, 6.45) is 8.99. The Kier molecular flexibility index (Phi) is 12.4. The molecule has 0 fully saturated rings. The average molecular weight is 442 g/mol. The number of alkyl halides is 3. The van der Waals surface area contributed by atoms with E-state index in [1.54, 1.807) is 6.07 Å². The van der Waals surface area contributed by atoms with Crippen molar-refractivity contribution in [1.82, 2.24) is 4.90 Å². The first-order valence-electron chi connectivity index (χ1n) is 10.8. The highest BCUT2D eigenvalue weighted by Crippen LogP contribution is 2.33. The minimum absolute atomic E-state index is 0.269. The van der Waals surface area contributed by atoms with Gasteiger partial charge in [0.2, 0.25) is 0 Å². The number of anilines is 1. The van der Waals surface area contributed by atoms with Crippen LogP contribution >= 0.6 is 0 Å². The first kappa shape index (κ1) is 26.5. The van der Waals surface area contributed by atoms with Gasteiger partial charge in [-0.3, -0.25) is 9.89 Å². The molecule has 0 atom stereocenters. The fourth-order valence-corrected chi connectivity index (χ4v) is 3.05. The van der Waals surface area contributed by atoms with Crippen LogP contribution in [0.2, 0.25) is 0 Å². The van der Waals surface area contributed by atoms with Gasteiger partial charge in [-0.2, -0.15) is 13.2 Å². The normalized spacial score (nSPS) is 13.0. The summed E-state index contributed by atoms with van der Waals surface area (Å²) in [5.41, 5.74) is 0.277. The maximum absolute atomic E-state index is 12.8. The average Bonchev–Trinajstić information content (AvgIpc) is 2.74. The van der Waals surface area contributed by atoms with Crippen LogP contribution in [-0.4, -0.2) is 35.4 Å². The monoisotopic (exact) mass is 441 g/mol. The van der Waals surface area contributed by atoms with Crippen molar-refractivity contribution in [3.05, 3.63) is 41.7 Å². The van der Waals surface area contributed by atoms with E-state index in [1.807, 2.05) is 0 Å². The van der Waals surface area contributed by atoms with Crippen molar-refractivity contribution in [2.75, 3.05) is 18.4 Å². The standard InChI is InChI=1S/C18H28F3N.C5H6N2O2/c1-3-4-5-6-7-8-9-10-13-22-16-12-11-15(2)17(14-16)18(19,20)21;8-5(9)7-3-1-6-2-4-7/h11-12,14,22H,3-10,13H2,1-2H3;1-3H,4H2,(H,8,9). The van der Waals surface area contributed by atoms with Gasteiger partial charge in [0.1, 0.15) is 0 Å². The van der Waals surface area contributed by atoms with Crippen LogP contribution in [0.15, 0.2) is 35.6 Å². The molecule has 1 heterocycles. The van der Waals surface area contributed by atoms with Crippen LogP contribution in [0.4, 0.5) is 23.7 Å². The van der Waals surface area contributed by atoms with Crippen molar-refractivity contribution in [1.29, 1.82) is 0 Å². The largest absolute Gasteiger partial charge is 0.465 e. The highest BCUT2D eigenvalue weighted by molar-refractivity contribution is 5.73. The van der Waals surface area contributed by atoms with Gasteiger partial charge in [-0.15, -0.1) is 0 Å². The van der Waals surface area contributed by atoms with Crippen molar-refractivity contribution in [2.45, 2.75) is 71.4 Å². The van der Waals surface area contributed by atoms with Crippen LogP contribution in [0.5, 0.6) is 0 Å². The van der Waals surface area contributed by atoms with E-state index in [0.29, 0.717) is 12.2 Å². The maximum atomic E-state index is 12.8. The van der Waals surface area contributed by atoms with Gasteiger partial charge >= 0.3 is 12.3 Å². The summed E-state index contributed by atoms with van der Waals surface area (Å²) in [5.74, 6) is 0. The first-order chi connectivity index (χ1) is 14.8. The lowest BCUT2D eigenvalue weighted by Crippen LogP contribution is -2.26. The molecule has 1 aromatic carbocycles. The number of hydrogen-bond acceptors (Lipinski definition) is 3. The van der Waals surface area contributed by atoms with Crippen molar-refractivity contribution >= 4 is 18.0 Å². The highest BCUT2D eigenvalue weighted by Gasteiger charge is 2.32. The molecule has 0 aliphatic carbocycles. The van der Waals surface area contributed by atoms with Gasteiger partial charge in [0, 0.05) is 30.8 Å². The Morgan fingerprint density at radius 1 is 1.13 bits per heavy atom. The molecule has 8 heteroatoms. The molecule has 1 amide bonds. The number of amides is 1. The molecular formula is C23H34F3N3O2. The molecule has 2 N–H and O–H groups in total. The minimum atomic E-state index is -4.28. The molecule has 31 heavy (non-hydrogen) atoms. The molecule has 0 spiro atoms. The Labute approximate surface area is 183 Å². The quantitative estimate of drug-likeness (QED) is 0.381. The Bertz CT molecular complexity index is 719. The molecule has 1 aliphatic rings. The lowest BCUT2D eigenvalue weighted by Gasteiger charge is -2.13. The third-order valence-electron chi connectivity index (χ3n) is 4.86. The van der Waals surface area contributed by atoms with Crippen LogP contribution in [-0.2, 0) is 6.18 Å². The summed E-state index contributed by atoms with van der Waals surface area (Å²) in [6.45, 7) is 4.78. The molecule has 0 unspecified atom stereocenters. The zero-order chi connectivity index (χ0) is 23.1. The maximum Gasteiger partial charge on any atom is 0.416 e. The molecule has 5 nitrogen and oxygen atoms in total. The van der Waals surface area contributed by atoms with Crippen LogP contribution in [0.1, 0.15) is 69.4 Å². The zero-order valence-electron chi connectivity index (χ0n) is 18.4. The minimum Gasteiger partial charge on any atom is -0.465 e. The Morgan fingerprint density at radius 2 is 1.77 bits per heavy atom. The smallest absolute Gasteiger partial charge is 0.416 e. The lowest BCUT2D eigenvalue weighted by molar-refractivity contribution is -0.138. The van der Waals surface area contributed by atoms with E-state index in [-0.39, 0.29) is 5.56 Å². The van der Waals surface area contributed by atoms with E-state index in [9.17, 15) is 18.0 Å². The highest BCUT2D eigenvalue weighted by atomic mass is 19.4. The fourth-order valence-electron chi connectivity index (χ4n) is 3.05. The number of rotatable bonds is 10. The van der Waals surface area contributed by atoms with Crippen molar-refractivity contribution in [3.63, 3.8) is 0 Å². The Hall–Kier alpha value is -2.51. The summed E-state index contributed by atoms with van der Waals surface area (Å²) in [5, 5.41) is 11.4. The fraction of sp³-hybridized carbons (Fsp3) is 0.565. The van der Waals surface area contributed by atoms with E-state index >= 15 is 0 Å². The second-order valence-electron chi connectivity index (χ2n) is 7.49. The summed E-state index contributed by atoms with van der Waals surface area (Å²) < 4.78 is 38.5. The molecule has 2 rings (SSSR count). The summed E-state index contributed by atoms with van der Waals surface area (Å²) in [7, 11) is 0. The summed E-state index contributed by atoms with van der Waals surface area (Å²) in [4.78, 5) is 15.0. The topological polar surface area (TPSA) is 64.9 Å². The van der Waals surface area contributed by atoms with Crippen LogP contribution in [0, 0.1) is 6.92 Å². The predicted octanol–water partition coefficient (Wildman–Crippen LogP) is 7.09. The van der Waals surface area contributed by atoms with Crippen LogP contribution in [0.3, 0.4) is 0 Å².